The smallest absolute Gasteiger partial charge is 0.224 e. The third kappa shape index (κ3) is 3.07. The van der Waals surface area contributed by atoms with Gasteiger partial charge < -0.3 is 10.8 Å². The Balaban J connectivity index is 1.96. The molecule has 0 radical (unpaired) electrons. The monoisotopic (exact) mass is 262 g/mol. The molecule has 1 saturated heterocycles. The van der Waals surface area contributed by atoms with Crippen molar-refractivity contribution in [3.8, 4) is 5.75 Å². The van der Waals surface area contributed by atoms with Crippen LogP contribution in [0, 0.1) is 5.41 Å². The number of rotatable bonds is 4. The minimum Gasteiger partial charge on any atom is -0.508 e. The van der Waals surface area contributed by atoms with E-state index in [1.807, 2.05) is 19.1 Å². The Hall–Kier alpha value is -1.55. The number of nitrogens with zero attached hydrogens (tertiary/aromatic N) is 1. The van der Waals surface area contributed by atoms with Gasteiger partial charge in [0.1, 0.15) is 5.75 Å². The molecule has 2 unspecified atom stereocenters. The Bertz CT molecular complexity index is 458. The lowest BCUT2D eigenvalue weighted by Crippen LogP contribution is -2.40. The van der Waals surface area contributed by atoms with E-state index in [2.05, 4.69) is 11.8 Å². The molecule has 3 N–H and O–H groups in total. The molecule has 19 heavy (non-hydrogen) atoms. The second-order valence-electron chi connectivity index (χ2n) is 5.86. The van der Waals surface area contributed by atoms with E-state index >= 15 is 0 Å². The number of carbonyl (C=O) groups is 1. The maximum absolute atomic E-state index is 11.5. The second kappa shape index (κ2) is 5.21. The summed E-state index contributed by atoms with van der Waals surface area (Å²) in [5.41, 5.74) is 6.28. The fraction of sp³-hybridized carbons (Fsp3) is 0.533. The zero-order valence-corrected chi connectivity index (χ0v) is 11.6. The van der Waals surface area contributed by atoms with Gasteiger partial charge in [-0.25, -0.2) is 0 Å². The summed E-state index contributed by atoms with van der Waals surface area (Å²) in [6.45, 7) is 5.77. The minimum absolute atomic E-state index is 0.202. The highest BCUT2D eigenvalue weighted by Crippen LogP contribution is 2.31. The first-order valence-corrected chi connectivity index (χ1v) is 6.72. The number of amides is 1. The number of nitrogens with two attached hydrogens (primary N) is 1. The van der Waals surface area contributed by atoms with Crippen LogP contribution in [0.4, 0.5) is 0 Å². The summed E-state index contributed by atoms with van der Waals surface area (Å²) < 4.78 is 0. The van der Waals surface area contributed by atoms with Gasteiger partial charge in [-0.1, -0.05) is 12.1 Å². The van der Waals surface area contributed by atoms with Crippen molar-refractivity contribution in [2.24, 2.45) is 11.1 Å². The van der Waals surface area contributed by atoms with Crippen LogP contribution in [-0.2, 0) is 11.2 Å². The molecular formula is C15H22N2O2. The lowest BCUT2D eigenvalue weighted by Gasteiger charge is -2.26. The van der Waals surface area contributed by atoms with Crippen LogP contribution < -0.4 is 5.73 Å². The normalized spacial score (nSPS) is 25.4. The lowest BCUT2D eigenvalue weighted by atomic mass is 9.89. The molecule has 4 heteroatoms. The van der Waals surface area contributed by atoms with Crippen molar-refractivity contribution in [3.05, 3.63) is 29.8 Å². The van der Waals surface area contributed by atoms with E-state index in [1.54, 1.807) is 12.1 Å². The zero-order chi connectivity index (χ0) is 14.0. The zero-order valence-electron chi connectivity index (χ0n) is 11.6. The van der Waals surface area contributed by atoms with Gasteiger partial charge in [0.2, 0.25) is 5.91 Å². The third-order valence-electron chi connectivity index (χ3n) is 4.19. The van der Waals surface area contributed by atoms with Crippen molar-refractivity contribution in [2.75, 3.05) is 13.1 Å². The highest BCUT2D eigenvalue weighted by molar-refractivity contribution is 5.81. The molecule has 4 nitrogen and oxygen atoms in total. The molecule has 1 aromatic rings. The van der Waals surface area contributed by atoms with Gasteiger partial charge in [-0.05, 0) is 50.9 Å². The third-order valence-corrected chi connectivity index (χ3v) is 4.19. The molecule has 1 aliphatic heterocycles. The Morgan fingerprint density at radius 1 is 1.47 bits per heavy atom. The molecule has 1 aliphatic rings. The number of benzene rings is 1. The number of likely N-dealkylation sites (tertiary alicyclic amines) is 1. The summed E-state index contributed by atoms with van der Waals surface area (Å²) in [6, 6.07) is 7.66. The van der Waals surface area contributed by atoms with Crippen LogP contribution in [0.1, 0.15) is 25.8 Å². The van der Waals surface area contributed by atoms with Gasteiger partial charge in [-0.15, -0.1) is 0 Å². The SMILES string of the molecule is CC(Cc1ccc(O)cc1)N1CCC(C)(C(N)=O)C1. The molecule has 0 bridgehead atoms. The van der Waals surface area contributed by atoms with Crippen LogP contribution in [0.5, 0.6) is 5.75 Å². The quantitative estimate of drug-likeness (QED) is 0.864. The number of carbonyl (C=O) groups excluding carboxylic acids is 1. The number of phenols is 1. The largest absolute Gasteiger partial charge is 0.508 e. The van der Waals surface area contributed by atoms with Gasteiger partial charge in [0, 0.05) is 12.6 Å². The van der Waals surface area contributed by atoms with Crippen LogP contribution in [-0.4, -0.2) is 35.0 Å². The van der Waals surface area contributed by atoms with Crippen molar-refractivity contribution in [2.45, 2.75) is 32.7 Å². The van der Waals surface area contributed by atoms with E-state index in [4.69, 9.17) is 5.73 Å². The number of hydrogen-bond donors (Lipinski definition) is 2. The first-order valence-electron chi connectivity index (χ1n) is 6.72. The van der Waals surface area contributed by atoms with E-state index in [1.165, 1.54) is 5.56 Å². The summed E-state index contributed by atoms with van der Waals surface area (Å²) in [6.07, 6.45) is 1.75. The molecule has 0 aliphatic carbocycles. The molecule has 1 fully saturated rings. The van der Waals surface area contributed by atoms with E-state index in [9.17, 15) is 9.90 Å². The van der Waals surface area contributed by atoms with Crippen LogP contribution in [0.15, 0.2) is 24.3 Å². The molecule has 2 rings (SSSR count). The maximum Gasteiger partial charge on any atom is 0.224 e. The number of aromatic hydroxyl groups is 1. The highest BCUT2D eigenvalue weighted by atomic mass is 16.3. The fourth-order valence-electron chi connectivity index (χ4n) is 2.68. The molecule has 0 saturated carbocycles. The molecule has 2 atom stereocenters. The summed E-state index contributed by atoms with van der Waals surface area (Å²) in [5.74, 6) is 0.0886. The van der Waals surface area contributed by atoms with E-state index in [0.717, 1.165) is 25.9 Å². The first kappa shape index (κ1) is 13.9. The predicted molar refractivity (Wildman–Crippen MR) is 74.8 cm³/mol. The van der Waals surface area contributed by atoms with Gasteiger partial charge in [0.25, 0.3) is 0 Å². The standard InChI is InChI=1S/C15H22N2O2/c1-11(9-12-3-5-13(18)6-4-12)17-8-7-15(2,10-17)14(16)19/h3-6,11,18H,7-10H2,1-2H3,(H2,16,19). The minimum atomic E-state index is -0.386. The molecular weight excluding hydrogens is 240 g/mol. The van der Waals surface area contributed by atoms with Crippen molar-refractivity contribution < 1.29 is 9.90 Å². The van der Waals surface area contributed by atoms with Crippen LogP contribution in [0.2, 0.25) is 0 Å². The van der Waals surface area contributed by atoms with Crippen molar-refractivity contribution in [1.29, 1.82) is 0 Å². The Morgan fingerprint density at radius 3 is 2.63 bits per heavy atom. The first-order chi connectivity index (χ1) is 8.90. The van der Waals surface area contributed by atoms with Gasteiger partial charge in [0.15, 0.2) is 0 Å². The second-order valence-corrected chi connectivity index (χ2v) is 5.86. The van der Waals surface area contributed by atoms with Crippen molar-refractivity contribution in [1.82, 2.24) is 4.90 Å². The lowest BCUT2D eigenvalue weighted by molar-refractivity contribution is -0.126. The van der Waals surface area contributed by atoms with E-state index in [0.29, 0.717) is 11.8 Å². The Kier molecular flexibility index (Phi) is 3.80. The number of phenolic OH excluding ortho intramolecular Hbond substituents is 1. The van der Waals surface area contributed by atoms with Crippen LogP contribution in [0.25, 0.3) is 0 Å². The molecule has 0 spiro atoms. The molecule has 104 valence electrons. The Morgan fingerprint density at radius 2 is 2.11 bits per heavy atom. The van der Waals surface area contributed by atoms with Gasteiger partial charge >= 0.3 is 0 Å². The topological polar surface area (TPSA) is 66.6 Å². The van der Waals surface area contributed by atoms with Crippen LogP contribution in [0.3, 0.4) is 0 Å². The van der Waals surface area contributed by atoms with E-state index < -0.39 is 0 Å². The highest BCUT2D eigenvalue weighted by Gasteiger charge is 2.40. The molecule has 1 aromatic carbocycles. The predicted octanol–water partition coefficient (Wildman–Crippen LogP) is 1.52. The molecule has 0 aromatic heterocycles. The summed E-state index contributed by atoms with van der Waals surface area (Å²) in [7, 11) is 0. The van der Waals surface area contributed by atoms with Gasteiger partial charge in [-0.2, -0.15) is 0 Å². The summed E-state index contributed by atoms with van der Waals surface area (Å²) in [4.78, 5) is 13.8. The average Bonchev–Trinajstić information content (AvgIpc) is 2.76. The van der Waals surface area contributed by atoms with Gasteiger partial charge in [-0.3, -0.25) is 9.69 Å². The average molecular weight is 262 g/mol. The summed E-state index contributed by atoms with van der Waals surface area (Å²) in [5, 5.41) is 9.27. The van der Waals surface area contributed by atoms with Crippen molar-refractivity contribution >= 4 is 5.91 Å². The van der Waals surface area contributed by atoms with Gasteiger partial charge in [0.05, 0.1) is 5.41 Å². The molecule has 1 amide bonds. The Labute approximate surface area is 114 Å². The van der Waals surface area contributed by atoms with Crippen molar-refractivity contribution in [3.63, 3.8) is 0 Å². The fourth-order valence-corrected chi connectivity index (χ4v) is 2.68. The molecule has 1 heterocycles. The summed E-state index contributed by atoms with van der Waals surface area (Å²) >= 11 is 0. The van der Waals surface area contributed by atoms with E-state index in [-0.39, 0.29) is 11.3 Å². The number of primary amides is 1. The number of hydrogen-bond acceptors (Lipinski definition) is 3. The maximum atomic E-state index is 11.5. The van der Waals surface area contributed by atoms with Crippen LogP contribution >= 0.6 is 0 Å².